The number of aromatic nitrogens is 2. The number of nitrogens with zero attached hydrogens (tertiary/aromatic N) is 4. The predicted octanol–water partition coefficient (Wildman–Crippen LogP) is 4.16. The number of hydrogen-bond donors (Lipinski definition) is 2. The molecule has 34 heavy (non-hydrogen) atoms. The molecular weight excluding hydrogens is 457 g/mol. The van der Waals surface area contributed by atoms with Crippen LogP contribution in [0.5, 0.6) is 5.75 Å². The molecule has 0 spiro atoms. The summed E-state index contributed by atoms with van der Waals surface area (Å²) in [6, 6.07) is 12.1. The molecule has 1 aliphatic heterocycles. The van der Waals surface area contributed by atoms with Crippen LogP contribution in [0.1, 0.15) is 0 Å². The Balaban J connectivity index is 1.66. The van der Waals surface area contributed by atoms with Gasteiger partial charge < -0.3 is 10.0 Å². The number of phenols is 1. The number of halogens is 2. The molecule has 3 aromatic carbocycles. The Morgan fingerprint density at radius 3 is 2.65 bits per heavy atom. The Morgan fingerprint density at radius 2 is 1.91 bits per heavy atom. The maximum absolute atomic E-state index is 16.0. The minimum atomic E-state index is -0.617. The van der Waals surface area contributed by atoms with E-state index in [0.717, 1.165) is 10.8 Å². The highest BCUT2D eigenvalue weighted by Gasteiger charge is 2.37. The number of rotatable bonds is 3. The van der Waals surface area contributed by atoms with Crippen molar-refractivity contribution in [2.75, 3.05) is 26.2 Å². The highest BCUT2D eigenvalue weighted by molar-refractivity contribution is 6.35. The molecule has 1 aliphatic rings. The smallest absolute Gasteiger partial charge is 0.258 e. The first kappa shape index (κ1) is 22.2. The SMILES string of the molecule is C=CC(=O)N1CC[N+](N)(c2ncnc3c(F)c(-c4cc(O)cc5ccccc45)c(Cl)cc23)CC1. The van der Waals surface area contributed by atoms with E-state index in [1.165, 1.54) is 18.5 Å². The summed E-state index contributed by atoms with van der Waals surface area (Å²) in [5, 5.41) is 12.3. The molecule has 0 saturated carbocycles. The van der Waals surface area contributed by atoms with Gasteiger partial charge in [-0.1, -0.05) is 42.4 Å². The molecule has 0 aliphatic carbocycles. The molecule has 7 nitrogen and oxygen atoms in total. The highest BCUT2D eigenvalue weighted by atomic mass is 35.5. The van der Waals surface area contributed by atoms with Crippen molar-refractivity contribution >= 4 is 45.0 Å². The lowest BCUT2D eigenvalue weighted by Crippen LogP contribution is -2.66. The van der Waals surface area contributed by atoms with Crippen molar-refractivity contribution in [3.8, 4) is 16.9 Å². The van der Waals surface area contributed by atoms with Crippen molar-refractivity contribution in [3.05, 3.63) is 72.3 Å². The molecule has 1 fully saturated rings. The van der Waals surface area contributed by atoms with Gasteiger partial charge in [-0.05, 0) is 40.6 Å². The summed E-state index contributed by atoms with van der Waals surface area (Å²) in [7, 11) is 0. The van der Waals surface area contributed by atoms with E-state index in [-0.39, 0.29) is 32.4 Å². The molecule has 0 atom stereocenters. The Hall–Kier alpha value is -3.59. The molecular formula is C25H22ClFN5O2+. The van der Waals surface area contributed by atoms with Crippen molar-refractivity contribution in [1.29, 1.82) is 0 Å². The molecule has 1 aromatic heterocycles. The lowest BCUT2D eigenvalue weighted by molar-refractivity contribution is -0.127. The van der Waals surface area contributed by atoms with Gasteiger partial charge in [0.1, 0.15) is 30.7 Å². The zero-order valence-electron chi connectivity index (χ0n) is 18.2. The third-order valence-electron chi connectivity index (χ3n) is 6.36. The third-order valence-corrected chi connectivity index (χ3v) is 6.66. The molecule has 2 heterocycles. The van der Waals surface area contributed by atoms with E-state index in [1.807, 2.05) is 24.3 Å². The molecule has 172 valence electrons. The van der Waals surface area contributed by atoms with Crippen LogP contribution in [0.3, 0.4) is 0 Å². The Labute approximate surface area is 200 Å². The van der Waals surface area contributed by atoms with Gasteiger partial charge in [-0.25, -0.2) is 9.37 Å². The number of hydrogen-bond acceptors (Lipinski definition) is 5. The van der Waals surface area contributed by atoms with Crippen LogP contribution in [-0.2, 0) is 4.79 Å². The van der Waals surface area contributed by atoms with Gasteiger partial charge in [-0.15, -0.1) is 0 Å². The number of nitrogens with two attached hydrogens (primary N) is 1. The second-order valence-corrected chi connectivity index (χ2v) is 8.77. The molecule has 9 heteroatoms. The number of quaternary nitrogens is 1. The average Bonchev–Trinajstić information content (AvgIpc) is 2.83. The molecule has 0 bridgehead atoms. The number of benzene rings is 3. The van der Waals surface area contributed by atoms with Crippen LogP contribution < -0.4 is 10.4 Å². The molecule has 5 rings (SSSR count). The predicted molar refractivity (Wildman–Crippen MR) is 132 cm³/mol. The van der Waals surface area contributed by atoms with Gasteiger partial charge in [-0.3, -0.25) is 4.79 Å². The van der Waals surface area contributed by atoms with Gasteiger partial charge in [-0.2, -0.15) is 15.4 Å². The number of piperazine rings is 1. The first-order chi connectivity index (χ1) is 16.3. The maximum atomic E-state index is 16.0. The van der Waals surface area contributed by atoms with Crippen LogP contribution in [0.25, 0.3) is 32.8 Å². The number of fused-ring (bicyclic) bond motifs is 2. The fourth-order valence-corrected chi connectivity index (χ4v) is 4.90. The van der Waals surface area contributed by atoms with Crippen LogP contribution >= 0.6 is 11.6 Å². The second kappa shape index (κ2) is 8.32. The number of carbonyl (C=O) groups excluding carboxylic acids is 1. The van der Waals surface area contributed by atoms with E-state index in [4.69, 9.17) is 17.4 Å². The van der Waals surface area contributed by atoms with Crippen molar-refractivity contribution in [2.24, 2.45) is 5.84 Å². The quantitative estimate of drug-likeness (QED) is 0.262. The van der Waals surface area contributed by atoms with Crippen LogP contribution in [-0.4, -0.2) is 52.1 Å². The molecule has 1 saturated heterocycles. The van der Waals surface area contributed by atoms with E-state index >= 15 is 4.39 Å². The van der Waals surface area contributed by atoms with Gasteiger partial charge in [0.2, 0.25) is 5.91 Å². The fraction of sp³-hybridized carbons (Fsp3) is 0.160. The summed E-state index contributed by atoms with van der Waals surface area (Å²) < 4.78 is 15.9. The fourth-order valence-electron chi connectivity index (χ4n) is 4.60. The van der Waals surface area contributed by atoms with E-state index in [2.05, 4.69) is 16.5 Å². The third kappa shape index (κ3) is 3.56. The Morgan fingerprint density at radius 1 is 1.18 bits per heavy atom. The van der Waals surface area contributed by atoms with Crippen LogP contribution in [0.2, 0.25) is 5.02 Å². The topological polar surface area (TPSA) is 92.3 Å². The minimum absolute atomic E-state index is 0.00560. The Bertz CT molecular complexity index is 1470. The standard InChI is InChI=1S/C25H21ClFN5O2/c1-2-21(34)31-7-9-32(28,10-8-31)25-19-13-20(26)22(23(27)24(19)29-14-30-25)18-12-16(33)11-15-5-3-4-6-17(15)18/h2-6,11-14H,1,7-10,28H2/p+1. The second-order valence-electron chi connectivity index (χ2n) is 8.37. The largest absolute Gasteiger partial charge is 0.508 e. The molecule has 1 amide bonds. The Kier molecular flexibility index (Phi) is 5.44. The number of aromatic hydroxyl groups is 1. The van der Waals surface area contributed by atoms with Crippen molar-refractivity contribution in [2.45, 2.75) is 0 Å². The number of amides is 1. The molecule has 3 N–H and O–H groups in total. The van der Waals surface area contributed by atoms with Gasteiger partial charge in [0.25, 0.3) is 5.82 Å². The van der Waals surface area contributed by atoms with Crippen LogP contribution in [0.15, 0.2) is 61.4 Å². The van der Waals surface area contributed by atoms with E-state index < -0.39 is 5.82 Å². The summed E-state index contributed by atoms with van der Waals surface area (Å²) in [6.07, 6.45) is 2.56. The summed E-state index contributed by atoms with van der Waals surface area (Å²) in [4.78, 5) is 22.2. The van der Waals surface area contributed by atoms with Gasteiger partial charge >= 0.3 is 0 Å². The normalized spacial score (nSPS) is 15.6. The van der Waals surface area contributed by atoms with Crippen LogP contribution in [0.4, 0.5) is 10.2 Å². The lowest BCUT2D eigenvalue weighted by atomic mass is 9.96. The first-order valence-electron chi connectivity index (χ1n) is 10.7. The minimum Gasteiger partial charge on any atom is -0.508 e. The van der Waals surface area contributed by atoms with E-state index in [0.29, 0.717) is 42.9 Å². The monoisotopic (exact) mass is 478 g/mol. The number of phenolic OH excluding ortho intramolecular Hbond substituents is 1. The van der Waals surface area contributed by atoms with E-state index in [1.54, 1.807) is 17.0 Å². The average molecular weight is 479 g/mol. The zero-order valence-corrected chi connectivity index (χ0v) is 19.0. The van der Waals surface area contributed by atoms with Crippen molar-refractivity contribution < 1.29 is 14.3 Å². The highest BCUT2D eigenvalue weighted by Crippen LogP contribution is 2.42. The summed E-state index contributed by atoms with van der Waals surface area (Å²) in [6.45, 7) is 5.14. The summed E-state index contributed by atoms with van der Waals surface area (Å²) >= 11 is 6.65. The molecule has 0 radical (unpaired) electrons. The summed E-state index contributed by atoms with van der Waals surface area (Å²) in [5.41, 5.74) is 0.702. The summed E-state index contributed by atoms with van der Waals surface area (Å²) in [5.74, 6) is 6.35. The van der Waals surface area contributed by atoms with Crippen LogP contribution in [0, 0.1) is 5.82 Å². The molecule has 4 aromatic rings. The zero-order chi connectivity index (χ0) is 24.0. The van der Waals surface area contributed by atoms with E-state index in [9.17, 15) is 9.90 Å². The molecule has 0 unspecified atom stereocenters. The van der Waals surface area contributed by atoms with Gasteiger partial charge in [0.15, 0.2) is 5.82 Å². The van der Waals surface area contributed by atoms with Gasteiger partial charge in [0.05, 0.1) is 23.5 Å². The van der Waals surface area contributed by atoms with Crippen molar-refractivity contribution in [1.82, 2.24) is 19.5 Å². The lowest BCUT2D eigenvalue weighted by Gasteiger charge is -2.39. The van der Waals surface area contributed by atoms with Crippen molar-refractivity contribution in [3.63, 3.8) is 0 Å². The maximum Gasteiger partial charge on any atom is 0.258 e. The van der Waals surface area contributed by atoms with Gasteiger partial charge in [0, 0.05) is 5.56 Å². The number of carbonyl (C=O) groups is 1. The first-order valence-corrected chi connectivity index (χ1v) is 11.1.